The topological polar surface area (TPSA) is 58.6 Å². The van der Waals surface area contributed by atoms with Gasteiger partial charge in [-0.15, -0.1) is 0 Å². The number of fused-ring (bicyclic) bond motifs is 1. The van der Waals surface area contributed by atoms with Crippen molar-refractivity contribution in [2.75, 3.05) is 11.5 Å². The van der Waals surface area contributed by atoms with Crippen LogP contribution in [0.15, 0.2) is 48.5 Å². The first kappa shape index (κ1) is 19.0. The molecule has 0 saturated heterocycles. The predicted octanol–water partition coefficient (Wildman–Crippen LogP) is 3.98. The van der Waals surface area contributed by atoms with E-state index in [1.807, 2.05) is 48.5 Å². The van der Waals surface area contributed by atoms with Gasteiger partial charge in [0.15, 0.2) is 0 Å². The Morgan fingerprint density at radius 3 is 2.63 bits per heavy atom. The largest absolute Gasteiger partial charge is 0.493 e. The molecule has 1 atom stereocenters. The van der Waals surface area contributed by atoms with Crippen LogP contribution >= 0.6 is 0 Å². The monoisotopic (exact) mass is 366 g/mol. The van der Waals surface area contributed by atoms with E-state index in [1.165, 1.54) is 6.92 Å². The number of carbonyl (C=O) groups is 2. The van der Waals surface area contributed by atoms with E-state index in [4.69, 9.17) is 4.74 Å². The zero-order valence-electron chi connectivity index (χ0n) is 15.9. The van der Waals surface area contributed by atoms with Gasteiger partial charge < -0.3 is 15.0 Å². The minimum absolute atomic E-state index is 0.118. The van der Waals surface area contributed by atoms with E-state index < -0.39 is 6.04 Å². The molecule has 1 aliphatic rings. The van der Waals surface area contributed by atoms with Crippen molar-refractivity contribution in [2.24, 2.45) is 0 Å². The second-order valence-electron chi connectivity index (χ2n) is 6.78. The summed E-state index contributed by atoms with van der Waals surface area (Å²) in [5, 5.41) is 2.77. The number of benzene rings is 2. The maximum atomic E-state index is 13.0. The van der Waals surface area contributed by atoms with Crippen LogP contribution in [0, 0.1) is 0 Å². The molecule has 1 heterocycles. The van der Waals surface area contributed by atoms with Gasteiger partial charge in [-0.25, -0.2) is 0 Å². The predicted molar refractivity (Wildman–Crippen MR) is 106 cm³/mol. The first-order valence-electron chi connectivity index (χ1n) is 9.50. The minimum Gasteiger partial charge on any atom is -0.493 e. The molecule has 2 aromatic rings. The Balaban J connectivity index is 1.81. The Hall–Kier alpha value is -2.82. The molecule has 0 fully saturated rings. The molecule has 27 heavy (non-hydrogen) atoms. The molecule has 1 unspecified atom stereocenters. The molecule has 0 aliphatic carbocycles. The van der Waals surface area contributed by atoms with Gasteiger partial charge in [-0.3, -0.25) is 9.59 Å². The van der Waals surface area contributed by atoms with Gasteiger partial charge in [0.2, 0.25) is 5.91 Å². The normalized spacial score (nSPS) is 15.6. The Bertz CT molecular complexity index is 819. The maximum absolute atomic E-state index is 13.0. The van der Waals surface area contributed by atoms with Crippen molar-refractivity contribution in [3.63, 3.8) is 0 Å². The lowest BCUT2D eigenvalue weighted by Gasteiger charge is -2.20. The highest BCUT2D eigenvalue weighted by Crippen LogP contribution is 2.37. The molecule has 0 bridgehead atoms. The molecule has 3 rings (SSSR count). The van der Waals surface area contributed by atoms with E-state index in [0.717, 1.165) is 41.8 Å². The number of hydrogen-bond donors (Lipinski definition) is 1. The Kier molecular flexibility index (Phi) is 6.12. The lowest BCUT2D eigenvalue weighted by atomic mass is 10.1. The molecule has 2 amide bonds. The number of anilines is 1. The Morgan fingerprint density at radius 1 is 1.11 bits per heavy atom. The van der Waals surface area contributed by atoms with E-state index in [0.29, 0.717) is 13.2 Å². The van der Waals surface area contributed by atoms with Crippen LogP contribution in [0.1, 0.15) is 50.3 Å². The van der Waals surface area contributed by atoms with Crippen LogP contribution in [0.2, 0.25) is 0 Å². The highest BCUT2D eigenvalue weighted by Gasteiger charge is 2.37. The molecule has 0 saturated carbocycles. The smallest absolute Gasteiger partial charge is 0.254 e. The highest BCUT2D eigenvalue weighted by atomic mass is 16.5. The molecular formula is C22H26N2O3. The number of nitrogens with one attached hydrogen (secondary N) is 1. The molecule has 2 aromatic carbocycles. The lowest BCUT2D eigenvalue weighted by Crippen LogP contribution is -2.36. The SMILES string of the molecule is CCCCCOc1ccccc1CN1C(=O)C(NC(C)=O)c2ccccc21. The molecule has 0 radical (unpaired) electrons. The summed E-state index contributed by atoms with van der Waals surface area (Å²) in [7, 11) is 0. The standard InChI is InChI=1S/C22H26N2O3/c1-3-4-9-14-27-20-13-8-5-10-17(20)15-24-19-12-7-6-11-18(19)21(22(24)26)23-16(2)25/h5-8,10-13,21H,3-4,9,14-15H2,1-2H3,(H,23,25). The van der Waals surface area contributed by atoms with E-state index in [1.54, 1.807) is 4.90 Å². The summed E-state index contributed by atoms with van der Waals surface area (Å²) in [6.45, 7) is 4.67. The fourth-order valence-corrected chi connectivity index (χ4v) is 3.37. The summed E-state index contributed by atoms with van der Waals surface area (Å²) >= 11 is 0. The van der Waals surface area contributed by atoms with E-state index in [9.17, 15) is 9.59 Å². The number of rotatable bonds is 8. The minimum atomic E-state index is -0.628. The highest BCUT2D eigenvalue weighted by molar-refractivity contribution is 6.06. The van der Waals surface area contributed by atoms with Crippen LogP contribution < -0.4 is 15.0 Å². The second-order valence-corrected chi connectivity index (χ2v) is 6.78. The quantitative estimate of drug-likeness (QED) is 0.719. The number of carbonyl (C=O) groups excluding carboxylic acids is 2. The van der Waals surface area contributed by atoms with Crippen LogP contribution in [0.3, 0.4) is 0 Å². The lowest BCUT2D eigenvalue weighted by molar-refractivity contribution is -0.126. The average molecular weight is 366 g/mol. The van der Waals surface area contributed by atoms with Crippen LogP contribution in [-0.4, -0.2) is 18.4 Å². The van der Waals surface area contributed by atoms with Crippen molar-refractivity contribution in [2.45, 2.75) is 45.7 Å². The van der Waals surface area contributed by atoms with Crippen molar-refractivity contribution in [1.82, 2.24) is 5.32 Å². The van der Waals surface area contributed by atoms with Gasteiger partial charge in [-0.05, 0) is 18.6 Å². The van der Waals surface area contributed by atoms with Gasteiger partial charge in [0, 0.05) is 23.7 Å². The summed E-state index contributed by atoms with van der Waals surface area (Å²) in [6, 6.07) is 14.8. The van der Waals surface area contributed by atoms with E-state index in [2.05, 4.69) is 12.2 Å². The Morgan fingerprint density at radius 2 is 1.85 bits per heavy atom. The third-order valence-electron chi connectivity index (χ3n) is 4.71. The van der Waals surface area contributed by atoms with Crippen molar-refractivity contribution < 1.29 is 14.3 Å². The molecule has 5 nitrogen and oxygen atoms in total. The van der Waals surface area contributed by atoms with Crippen molar-refractivity contribution in [3.05, 3.63) is 59.7 Å². The van der Waals surface area contributed by atoms with Crippen molar-refractivity contribution >= 4 is 17.5 Å². The molecular weight excluding hydrogens is 340 g/mol. The summed E-state index contributed by atoms with van der Waals surface area (Å²) in [4.78, 5) is 26.3. The molecule has 5 heteroatoms. The van der Waals surface area contributed by atoms with Gasteiger partial charge >= 0.3 is 0 Å². The molecule has 1 N–H and O–H groups in total. The zero-order valence-corrected chi connectivity index (χ0v) is 15.9. The third kappa shape index (κ3) is 4.30. The first-order valence-corrected chi connectivity index (χ1v) is 9.50. The molecule has 142 valence electrons. The van der Waals surface area contributed by atoms with Gasteiger partial charge in [0.25, 0.3) is 5.91 Å². The molecule has 0 spiro atoms. The van der Waals surface area contributed by atoms with Crippen molar-refractivity contribution in [3.8, 4) is 5.75 Å². The van der Waals surface area contributed by atoms with Crippen LogP contribution in [0.25, 0.3) is 0 Å². The number of unbranched alkanes of at least 4 members (excludes halogenated alkanes) is 2. The summed E-state index contributed by atoms with van der Waals surface area (Å²) in [5.41, 5.74) is 2.63. The van der Waals surface area contributed by atoms with Crippen LogP contribution in [-0.2, 0) is 16.1 Å². The maximum Gasteiger partial charge on any atom is 0.254 e. The van der Waals surface area contributed by atoms with Gasteiger partial charge in [-0.2, -0.15) is 0 Å². The molecule has 1 aliphatic heterocycles. The van der Waals surface area contributed by atoms with Crippen LogP contribution in [0.5, 0.6) is 5.75 Å². The van der Waals surface area contributed by atoms with Gasteiger partial charge in [-0.1, -0.05) is 56.2 Å². The number of hydrogen-bond acceptors (Lipinski definition) is 3. The summed E-state index contributed by atoms with van der Waals surface area (Å²) < 4.78 is 5.96. The van der Waals surface area contributed by atoms with Gasteiger partial charge in [0.05, 0.1) is 13.2 Å². The zero-order chi connectivity index (χ0) is 19.2. The Labute approximate surface area is 160 Å². The number of ether oxygens (including phenoxy) is 1. The third-order valence-corrected chi connectivity index (χ3v) is 4.71. The van der Waals surface area contributed by atoms with Crippen LogP contribution in [0.4, 0.5) is 5.69 Å². The first-order chi connectivity index (χ1) is 13.1. The molecule has 0 aromatic heterocycles. The second kappa shape index (κ2) is 8.71. The fraction of sp³-hybridized carbons (Fsp3) is 0.364. The van der Waals surface area contributed by atoms with Gasteiger partial charge in [0.1, 0.15) is 11.8 Å². The number of nitrogens with zero attached hydrogens (tertiary/aromatic N) is 1. The average Bonchev–Trinajstić information content (AvgIpc) is 2.92. The number of para-hydroxylation sites is 2. The fourth-order valence-electron chi connectivity index (χ4n) is 3.37. The van der Waals surface area contributed by atoms with E-state index in [-0.39, 0.29) is 11.8 Å². The van der Waals surface area contributed by atoms with Crippen molar-refractivity contribution in [1.29, 1.82) is 0 Å². The number of amides is 2. The summed E-state index contributed by atoms with van der Waals surface area (Å²) in [6.07, 6.45) is 3.30. The van der Waals surface area contributed by atoms with E-state index >= 15 is 0 Å². The summed E-state index contributed by atoms with van der Waals surface area (Å²) in [5.74, 6) is 0.471.